The molecule has 2 aliphatic carbocycles. The molecule has 20 heavy (non-hydrogen) atoms. The average molecular weight is 274 g/mol. The van der Waals surface area contributed by atoms with Gasteiger partial charge in [0.25, 0.3) is 5.91 Å². The summed E-state index contributed by atoms with van der Waals surface area (Å²) in [5, 5.41) is 9.98. The number of rotatable bonds is 2. The van der Waals surface area contributed by atoms with Crippen molar-refractivity contribution in [1.82, 2.24) is 9.47 Å². The number of fused-ring (bicyclic) bond motifs is 1. The molecule has 0 aromatic carbocycles. The van der Waals surface area contributed by atoms with Crippen LogP contribution in [-0.4, -0.2) is 39.7 Å². The predicted molar refractivity (Wildman–Crippen MR) is 75.4 cm³/mol. The van der Waals surface area contributed by atoms with Crippen LogP contribution in [0.25, 0.3) is 0 Å². The zero-order valence-electron chi connectivity index (χ0n) is 11.7. The highest BCUT2D eigenvalue weighted by Crippen LogP contribution is 2.39. The number of nitrogens with zero attached hydrogens (tertiary/aromatic N) is 2. The molecule has 1 aliphatic heterocycles. The van der Waals surface area contributed by atoms with Crippen LogP contribution in [0.3, 0.4) is 0 Å². The van der Waals surface area contributed by atoms with E-state index in [1.54, 1.807) is 0 Å². The third kappa shape index (κ3) is 1.81. The molecule has 4 rings (SSSR count). The Labute approximate surface area is 119 Å². The Bertz CT molecular complexity index is 520. The summed E-state index contributed by atoms with van der Waals surface area (Å²) in [6.07, 6.45) is 7.49. The fourth-order valence-electron chi connectivity index (χ4n) is 4.12. The van der Waals surface area contributed by atoms with Crippen molar-refractivity contribution in [2.24, 2.45) is 11.8 Å². The first-order valence-corrected chi connectivity index (χ1v) is 7.88. The molecule has 4 nitrogen and oxygen atoms in total. The van der Waals surface area contributed by atoms with Crippen molar-refractivity contribution in [3.63, 3.8) is 0 Å². The number of hydrogen-bond donors (Lipinski definition) is 1. The molecule has 1 amide bonds. The van der Waals surface area contributed by atoms with E-state index < -0.39 is 0 Å². The zero-order chi connectivity index (χ0) is 13.7. The van der Waals surface area contributed by atoms with Crippen LogP contribution >= 0.6 is 0 Å². The van der Waals surface area contributed by atoms with Gasteiger partial charge in [0.15, 0.2) is 0 Å². The number of aliphatic hydroxyl groups excluding tert-OH is 1. The van der Waals surface area contributed by atoms with E-state index in [4.69, 9.17) is 0 Å². The number of likely N-dealkylation sites (tertiary alicyclic amines) is 1. The quantitative estimate of drug-likeness (QED) is 0.897. The van der Waals surface area contributed by atoms with Crippen molar-refractivity contribution < 1.29 is 9.90 Å². The molecule has 0 spiro atoms. The molecule has 3 aliphatic rings. The van der Waals surface area contributed by atoms with Gasteiger partial charge in [-0.15, -0.1) is 0 Å². The third-order valence-corrected chi connectivity index (χ3v) is 5.57. The molecular formula is C16H22N2O2. The average Bonchev–Trinajstić information content (AvgIpc) is 3.04. The van der Waals surface area contributed by atoms with Gasteiger partial charge in [-0.25, -0.2) is 0 Å². The van der Waals surface area contributed by atoms with E-state index >= 15 is 0 Å². The Hall–Kier alpha value is -1.29. The smallest absolute Gasteiger partial charge is 0.270 e. The summed E-state index contributed by atoms with van der Waals surface area (Å²) in [5.74, 6) is 0.982. The first kappa shape index (κ1) is 12.5. The predicted octanol–water partition coefficient (Wildman–Crippen LogP) is 2.06. The highest BCUT2D eigenvalue weighted by Gasteiger charge is 2.43. The second-order valence-corrected chi connectivity index (χ2v) is 6.66. The van der Waals surface area contributed by atoms with Gasteiger partial charge >= 0.3 is 0 Å². The summed E-state index contributed by atoms with van der Waals surface area (Å²) in [4.78, 5) is 14.7. The van der Waals surface area contributed by atoms with Crippen molar-refractivity contribution in [2.45, 2.75) is 44.2 Å². The lowest BCUT2D eigenvalue weighted by atomic mass is 9.93. The van der Waals surface area contributed by atoms with E-state index in [9.17, 15) is 9.90 Å². The summed E-state index contributed by atoms with van der Waals surface area (Å²) < 4.78 is 2.16. The first-order valence-electron chi connectivity index (χ1n) is 7.88. The van der Waals surface area contributed by atoms with Gasteiger partial charge in [-0.1, -0.05) is 0 Å². The molecule has 2 heterocycles. The number of carbonyl (C=O) groups excluding carboxylic acids is 1. The van der Waals surface area contributed by atoms with Crippen LogP contribution in [0.4, 0.5) is 0 Å². The topological polar surface area (TPSA) is 45.5 Å². The lowest BCUT2D eigenvalue weighted by molar-refractivity contribution is 0.0736. The van der Waals surface area contributed by atoms with Gasteiger partial charge < -0.3 is 14.6 Å². The Morgan fingerprint density at radius 2 is 2.05 bits per heavy atom. The van der Waals surface area contributed by atoms with E-state index in [-0.39, 0.29) is 12.0 Å². The Morgan fingerprint density at radius 1 is 1.20 bits per heavy atom. The van der Waals surface area contributed by atoms with Gasteiger partial charge in [0.2, 0.25) is 0 Å². The van der Waals surface area contributed by atoms with Crippen LogP contribution in [0.5, 0.6) is 0 Å². The van der Waals surface area contributed by atoms with Crippen LogP contribution in [0.2, 0.25) is 0 Å². The van der Waals surface area contributed by atoms with Crippen LogP contribution in [0.15, 0.2) is 18.3 Å². The standard InChI is InChI=1S/C16H22N2O2/c19-15-7-6-11-9-17(10-13(11)15)16(20)14-5-2-8-18(14)12-3-1-4-12/h2,5,8,11-13,15,19H,1,3-4,6-7,9-10H2. The first-order chi connectivity index (χ1) is 9.74. The van der Waals surface area contributed by atoms with E-state index in [0.29, 0.717) is 17.9 Å². The van der Waals surface area contributed by atoms with E-state index in [2.05, 4.69) is 4.57 Å². The molecule has 108 valence electrons. The molecule has 0 radical (unpaired) electrons. The largest absolute Gasteiger partial charge is 0.393 e. The van der Waals surface area contributed by atoms with E-state index in [0.717, 1.165) is 31.6 Å². The molecule has 1 N–H and O–H groups in total. The summed E-state index contributed by atoms with van der Waals surface area (Å²) in [6, 6.07) is 4.46. The maximum Gasteiger partial charge on any atom is 0.270 e. The fourth-order valence-corrected chi connectivity index (χ4v) is 4.12. The maximum absolute atomic E-state index is 12.7. The Morgan fingerprint density at radius 3 is 2.75 bits per heavy atom. The maximum atomic E-state index is 12.7. The monoisotopic (exact) mass is 274 g/mol. The zero-order valence-corrected chi connectivity index (χ0v) is 11.7. The van der Waals surface area contributed by atoms with Crippen molar-refractivity contribution in [2.75, 3.05) is 13.1 Å². The molecular weight excluding hydrogens is 252 g/mol. The minimum Gasteiger partial charge on any atom is -0.393 e. The van der Waals surface area contributed by atoms with Crippen molar-refractivity contribution in [1.29, 1.82) is 0 Å². The molecule has 1 aromatic rings. The number of aliphatic hydroxyl groups is 1. The summed E-state index contributed by atoms with van der Waals surface area (Å²) in [5.41, 5.74) is 0.837. The van der Waals surface area contributed by atoms with Gasteiger partial charge in [-0.2, -0.15) is 0 Å². The van der Waals surface area contributed by atoms with Crippen LogP contribution in [-0.2, 0) is 0 Å². The number of carbonyl (C=O) groups is 1. The Balaban J connectivity index is 1.52. The fraction of sp³-hybridized carbons (Fsp3) is 0.688. The van der Waals surface area contributed by atoms with E-state index in [1.807, 2.05) is 23.2 Å². The second kappa shape index (κ2) is 4.62. The van der Waals surface area contributed by atoms with Gasteiger partial charge in [0.1, 0.15) is 5.69 Å². The van der Waals surface area contributed by atoms with Gasteiger partial charge in [0, 0.05) is 31.2 Å². The molecule has 0 bridgehead atoms. The molecule has 2 saturated carbocycles. The molecule has 1 aromatic heterocycles. The normalized spacial score (nSPS) is 33.2. The molecule has 1 saturated heterocycles. The summed E-state index contributed by atoms with van der Waals surface area (Å²) >= 11 is 0. The lowest BCUT2D eigenvalue weighted by Crippen LogP contribution is -2.33. The number of aromatic nitrogens is 1. The highest BCUT2D eigenvalue weighted by atomic mass is 16.3. The molecule has 4 heteroatoms. The molecule has 3 atom stereocenters. The van der Waals surface area contributed by atoms with E-state index in [1.165, 1.54) is 19.3 Å². The summed E-state index contributed by atoms with van der Waals surface area (Å²) in [6.45, 7) is 1.57. The van der Waals surface area contributed by atoms with Gasteiger partial charge in [-0.05, 0) is 50.2 Å². The molecule has 3 fully saturated rings. The summed E-state index contributed by atoms with van der Waals surface area (Å²) in [7, 11) is 0. The minimum absolute atomic E-state index is 0.156. The van der Waals surface area contributed by atoms with Gasteiger partial charge in [0.05, 0.1) is 6.10 Å². The van der Waals surface area contributed by atoms with Crippen LogP contribution in [0.1, 0.15) is 48.6 Å². The van der Waals surface area contributed by atoms with Crippen molar-refractivity contribution in [3.05, 3.63) is 24.0 Å². The minimum atomic E-state index is -0.198. The van der Waals surface area contributed by atoms with Crippen LogP contribution < -0.4 is 0 Å². The number of amides is 1. The lowest BCUT2D eigenvalue weighted by Gasteiger charge is -2.30. The Kier molecular flexibility index (Phi) is 2.88. The molecule has 3 unspecified atom stereocenters. The SMILES string of the molecule is O=C(c1cccn1C1CCC1)N1CC2CCC(O)C2C1. The number of hydrogen-bond acceptors (Lipinski definition) is 2. The highest BCUT2D eigenvalue weighted by molar-refractivity contribution is 5.93. The van der Waals surface area contributed by atoms with Crippen LogP contribution in [0, 0.1) is 11.8 Å². The second-order valence-electron chi connectivity index (χ2n) is 6.66. The third-order valence-electron chi connectivity index (χ3n) is 5.57. The van der Waals surface area contributed by atoms with Crippen molar-refractivity contribution in [3.8, 4) is 0 Å². The van der Waals surface area contributed by atoms with Crippen molar-refractivity contribution >= 4 is 5.91 Å². The van der Waals surface area contributed by atoms with Gasteiger partial charge in [-0.3, -0.25) is 4.79 Å².